The number of rotatable bonds is 13. The molecule has 0 saturated carbocycles. The zero-order chi connectivity index (χ0) is 25.6. The molecule has 3 rings (SSSR count). The lowest BCUT2D eigenvalue weighted by Crippen LogP contribution is -2.05. The predicted molar refractivity (Wildman–Crippen MR) is 145 cm³/mol. The van der Waals surface area contributed by atoms with E-state index in [9.17, 15) is 4.79 Å². The average Bonchev–Trinajstić information content (AvgIpc) is 2.93. The molecule has 3 aromatic carbocycles. The summed E-state index contributed by atoms with van der Waals surface area (Å²) in [4.78, 5) is 11.8. The van der Waals surface area contributed by atoms with Crippen LogP contribution in [0.2, 0.25) is 0 Å². The number of methoxy groups -OCH3 is 1. The Labute approximate surface area is 215 Å². The molecule has 0 spiro atoms. The van der Waals surface area contributed by atoms with E-state index in [0.717, 1.165) is 43.6 Å². The summed E-state index contributed by atoms with van der Waals surface area (Å²) in [5.41, 5.74) is 4.70. The van der Waals surface area contributed by atoms with Gasteiger partial charge in [0.25, 0.3) is 0 Å². The van der Waals surface area contributed by atoms with Crippen LogP contribution in [0.25, 0.3) is 6.08 Å². The van der Waals surface area contributed by atoms with Crippen LogP contribution in [0.4, 0.5) is 0 Å². The van der Waals surface area contributed by atoms with Crippen molar-refractivity contribution in [2.24, 2.45) is 5.92 Å². The van der Waals surface area contributed by atoms with Crippen molar-refractivity contribution in [1.82, 2.24) is 0 Å². The molecule has 0 amide bonds. The fraction of sp³-hybridized carbons (Fsp3) is 0.312. The van der Waals surface area contributed by atoms with E-state index in [2.05, 4.69) is 31.2 Å². The Balaban J connectivity index is 1.75. The highest BCUT2D eigenvalue weighted by Gasteiger charge is 2.10. The van der Waals surface area contributed by atoms with Gasteiger partial charge in [0.2, 0.25) is 0 Å². The molecule has 1 atom stereocenters. The van der Waals surface area contributed by atoms with Crippen molar-refractivity contribution in [3.05, 3.63) is 107 Å². The van der Waals surface area contributed by atoms with Crippen LogP contribution < -0.4 is 4.74 Å². The van der Waals surface area contributed by atoms with Crippen LogP contribution >= 0.6 is 0 Å². The lowest BCUT2D eigenvalue weighted by molar-refractivity contribution is 0.0600. The van der Waals surface area contributed by atoms with Crippen molar-refractivity contribution in [3.8, 4) is 11.8 Å². The van der Waals surface area contributed by atoms with Gasteiger partial charge in [-0.3, -0.25) is 0 Å². The molecule has 0 aliphatic carbocycles. The predicted octanol–water partition coefficient (Wildman–Crippen LogP) is 7.42. The third-order valence-electron chi connectivity index (χ3n) is 6.23. The van der Waals surface area contributed by atoms with E-state index in [-0.39, 0.29) is 11.9 Å². The van der Waals surface area contributed by atoms with Gasteiger partial charge in [0.05, 0.1) is 30.9 Å². The molecule has 186 valence electrons. The summed E-state index contributed by atoms with van der Waals surface area (Å²) in [6, 6.07) is 25.8. The first-order valence-electron chi connectivity index (χ1n) is 12.7. The number of carbonyl (C=O) groups is 1. The first-order chi connectivity index (χ1) is 17.6. The van der Waals surface area contributed by atoms with Gasteiger partial charge < -0.3 is 9.47 Å². The first kappa shape index (κ1) is 26.8. The molecule has 0 aliphatic heterocycles. The topological polar surface area (TPSA) is 59.3 Å². The number of ether oxygens (including phenoxy) is 2. The van der Waals surface area contributed by atoms with Crippen LogP contribution in [-0.2, 0) is 17.6 Å². The smallest absolute Gasteiger partial charge is 0.337 e. The Morgan fingerprint density at radius 1 is 0.972 bits per heavy atom. The zero-order valence-corrected chi connectivity index (χ0v) is 21.3. The summed E-state index contributed by atoms with van der Waals surface area (Å²) in [5.74, 6) is 0.880. The molecule has 36 heavy (non-hydrogen) atoms. The number of unbranched alkanes of at least 4 members (excludes halogenated alkanes) is 2. The minimum absolute atomic E-state index is 0.290. The fourth-order valence-corrected chi connectivity index (χ4v) is 4.09. The molecule has 1 unspecified atom stereocenters. The molecule has 0 saturated heterocycles. The van der Waals surface area contributed by atoms with Gasteiger partial charge in [0.15, 0.2) is 0 Å². The SMILES string of the molecule is CCCCCOc1ccccc1C=CC(CCc1ccc(C#N)cc1)Cc1ccc(C(=O)OC)cc1. The number of hydrogen-bond donors (Lipinski definition) is 0. The molecule has 0 N–H and O–H groups in total. The van der Waals surface area contributed by atoms with Gasteiger partial charge in [-0.2, -0.15) is 5.26 Å². The maximum Gasteiger partial charge on any atom is 0.337 e. The van der Waals surface area contributed by atoms with Gasteiger partial charge in [0.1, 0.15) is 5.75 Å². The van der Waals surface area contributed by atoms with E-state index in [4.69, 9.17) is 14.7 Å². The highest BCUT2D eigenvalue weighted by atomic mass is 16.5. The maximum absolute atomic E-state index is 11.8. The molecule has 4 heteroatoms. The van der Waals surface area contributed by atoms with Crippen LogP contribution in [0.1, 0.15) is 65.2 Å². The summed E-state index contributed by atoms with van der Waals surface area (Å²) < 4.78 is 10.9. The molecule has 0 bridgehead atoms. The maximum atomic E-state index is 11.8. The lowest BCUT2D eigenvalue weighted by Gasteiger charge is -2.15. The summed E-state index contributed by atoms with van der Waals surface area (Å²) in [5, 5.41) is 9.06. The number of esters is 1. The first-order valence-corrected chi connectivity index (χ1v) is 12.7. The van der Waals surface area contributed by atoms with Crippen molar-refractivity contribution in [3.63, 3.8) is 0 Å². The highest BCUT2D eigenvalue weighted by Crippen LogP contribution is 2.24. The number of carbonyl (C=O) groups excluding carboxylic acids is 1. The van der Waals surface area contributed by atoms with Gasteiger partial charge in [-0.25, -0.2) is 4.79 Å². The van der Waals surface area contributed by atoms with Crippen LogP contribution in [0.5, 0.6) is 5.75 Å². The second-order valence-corrected chi connectivity index (χ2v) is 8.95. The van der Waals surface area contributed by atoms with Crippen LogP contribution in [-0.4, -0.2) is 19.7 Å². The standard InChI is InChI=1S/C32H35NO3/c1-3-4-7-22-36-31-9-6-5-8-29(31)19-16-26(13-10-25-11-14-28(24-33)15-12-25)23-27-17-20-30(21-18-27)32(34)35-2/h5-6,8-9,11-12,14-21,26H,3-4,7,10,13,22-23H2,1-2H3. The van der Waals surface area contributed by atoms with E-state index in [1.54, 1.807) is 0 Å². The quantitative estimate of drug-likeness (QED) is 0.188. The molecule has 0 fully saturated rings. The Kier molecular flexibility index (Phi) is 10.8. The average molecular weight is 482 g/mol. The monoisotopic (exact) mass is 481 g/mol. The number of benzene rings is 3. The van der Waals surface area contributed by atoms with Gasteiger partial charge in [-0.15, -0.1) is 0 Å². The number of para-hydroxylation sites is 1. The van der Waals surface area contributed by atoms with Crippen molar-refractivity contribution in [2.45, 2.75) is 45.4 Å². The number of hydrogen-bond acceptors (Lipinski definition) is 4. The van der Waals surface area contributed by atoms with E-state index in [1.165, 1.54) is 31.1 Å². The number of nitriles is 1. The summed E-state index contributed by atoms with van der Waals surface area (Å²) in [7, 11) is 1.39. The van der Waals surface area contributed by atoms with E-state index in [1.807, 2.05) is 66.7 Å². The van der Waals surface area contributed by atoms with Crippen LogP contribution in [0.3, 0.4) is 0 Å². The van der Waals surface area contributed by atoms with Crippen LogP contribution in [0.15, 0.2) is 78.9 Å². The van der Waals surface area contributed by atoms with E-state index in [0.29, 0.717) is 11.1 Å². The molecule has 0 radical (unpaired) electrons. The number of aryl methyl sites for hydroxylation is 1. The second kappa shape index (κ2) is 14.5. The Morgan fingerprint density at radius 2 is 1.69 bits per heavy atom. The second-order valence-electron chi connectivity index (χ2n) is 8.95. The summed E-state index contributed by atoms with van der Waals surface area (Å²) >= 11 is 0. The molecular formula is C32H35NO3. The molecule has 4 nitrogen and oxygen atoms in total. The van der Waals surface area contributed by atoms with Gasteiger partial charge in [-0.1, -0.05) is 74.4 Å². The summed E-state index contributed by atoms with van der Waals surface area (Å²) in [6.45, 7) is 2.92. The Morgan fingerprint density at radius 3 is 2.39 bits per heavy atom. The minimum Gasteiger partial charge on any atom is -0.493 e. The van der Waals surface area contributed by atoms with Crippen molar-refractivity contribution in [1.29, 1.82) is 5.26 Å². The lowest BCUT2D eigenvalue weighted by atomic mass is 9.91. The third kappa shape index (κ3) is 8.43. The number of allylic oxidation sites excluding steroid dienone is 1. The van der Waals surface area contributed by atoms with E-state index >= 15 is 0 Å². The Bertz CT molecular complexity index is 1160. The highest BCUT2D eigenvalue weighted by molar-refractivity contribution is 5.89. The van der Waals surface area contributed by atoms with Gasteiger partial charge in [-0.05, 0) is 73.1 Å². The molecule has 0 aliphatic rings. The van der Waals surface area contributed by atoms with E-state index < -0.39 is 0 Å². The minimum atomic E-state index is -0.325. The number of nitrogens with zero attached hydrogens (tertiary/aromatic N) is 1. The molecule has 3 aromatic rings. The Hall–Kier alpha value is -3.84. The van der Waals surface area contributed by atoms with Gasteiger partial charge >= 0.3 is 5.97 Å². The third-order valence-corrected chi connectivity index (χ3v) is 6.23. The van der Waals surface area contributed by atoms with Crippen molar-refractivity contribution < 1.29 is 14.3 Å². The summed E-state index contributed by atoms with van der Waals surface area (Å²) in [6.07, 6.45) is 10.6. The van der Waals surface area contributed by atoms with Crippen molar-refractivity contribution in [2.75, 3.05) is 13.7 Å². The molecule has 0 aromatic heterocycles. The normalized spacial score (nSPS) is 11.7. The molecule has 0 heterocycles. The zero-order valence-electron chi connectivity index (χ0n) is 21.3. The van der Waals surface area contributed by atoms with Crippen LogP contribution in [0, 0.1) is 17.2 Å². The fourth-order valence-electron chi connectivity index (χ4n) is 4.09. The molecular weight excluding hydrogens is 446 g/mol. The van der Waals surface area contributed by atoms with Gasteiger partial charge in [0, 0.05) is 5.56 Å². The largest absolute Gasteiger partial charge is 0.493 e. The van der Waals surface area contributed by atoms with Crippen molar-refractivity contribution >= 4 is 12.0 Å².